The molecule has 1 saturated heterocycles. The third-order valence-electron chi connectivity index (χ3n) is 4.66. The SMILES string of the molecule is C/C(=N/NC(=O)c1cccc(O)c1)c1ccc(S(=O)(=O)N2CCCCC2)cc1. The largest absolute Gasteiger partial charge is 0.508 e. The monoisotopic (exact) mass is 401 g/mol. The third kappa shape index (κ3) is 4.58. The van der Waals surface area contributed by atoms with Crippen LogP contribution < -0.4 is 5.43 Å². The van der Waals surface area contributed by atoms with Gasteiger partial charge in [0.1, 0.15) is 5.75 Å². The number of nitrogens with one attached hydrogen (secondary N) is 1. The Kier molecular flexibility index (Phi) is 6.11. The van der Waals surface area contributed by atoms with Gasteiger partial charge >= 0.3 is 0 Å². The van der Waals surface area contributed by atoms with Gasteiger partial charge in [-0.05, 0) is 55.7 Å². The predicted molar refractivity (Wildman–Crippen MR) is 107 cm³/mol. The van der Waals surface area contributed by atoms with Crippen molar-refractivity contribution in [3.05, 3.63) is 59.7 Å². The molecule has 0 bridgehead atoms. The molecule has 1 aliphatic heterocycles. The number of hydrazone groups is 1. The van der Waals surface area contributed by atoms with Crippen molar-refractivity contribution in [2.75, 3.05) is 13.1 Å². The van der Waals surface area contributed by atoms with E-state index in [1.54, 1.807) is 43.3 Å². The highest BCUT2D eigenvalue weighted by Gasteiger charge is 2.25. The number of benzene rings is 2. The van der Waals surface area contributed by atoms with Gasteiger partial charge in [0.15, 0.2) is 0 Å². The lowest BCUT2D eigenvalue weighted by atomic mass is 10.1. The van der Waals surface area contributed by atoms with Crippen LogP contribution in [0.25, 0.3) is 0 Å². The van der Waals surface area contributed by atoms with Crippen LogP contribution in [0.5, 0.6) is 5.75 Å². The summed E-state index contributed by atoms with van der Waals surface area (Å²) in [7, 11) is -3.47. The summed E-state index contributed by atoms with van der Waals surface area (Å²) in [5.41, 5.74) is 3.96. The number of phenols is 1. The van der Waals surface area contributed by atoms with Crippen LogP contribution in [0.2, 0.25) is 0 Å². The fourth-order valence-electron chi connectivity index (χ4n) is 3.03. The first-order chi connectivity index (χ1) is 13.4. The maximum absolute atomic E-state index is 12.7. The third-order valence-corrected chi connectivity index (χ3v) is 6.57. The van der Waals surface area contributed by atoms with Crippen LogP contribution in [0.3, 0.4) is 0 Å². The summed E-state index contributed by atoms with van der Waals surface area (Å²) in [5.74, 6) is -0.446. The number of phenolic OH excluding ortho intramolecular Hbond substituents is 1. The minimum absolute atomic E-state index is 0.00106. The van der Waals surface area contributed by atoms with Gasteiger partial charge in [-0.2, -0.15) is 9.41 Å². The van der Waals surface area contributed by atoms with E-state index >= 15 is 0 Å². The Balaban J connectivity index is 1.70. The van der Waals surface area contributed by atoms with Gasteiger partial charge < -0.3 is 5.11 Å². The number of nitrogens with zero attached hydrogens (tertiary/aromatic N) is 2. The van der Waals surface area contributed by atoms with Crippen molar-refractivity contribution in [3.63, 3.8) is 0 Å². The van der Waals surface area contributed by atoms with Crippen molar-refractivity contribution in [2.24, 2.45) is 5.10 Å². The molecule has 2 N–H and O–H groups in total. The minimum atomic E-state index is -3.47. The predicted octanol–water partition coefficient (Wildman–Crippen LogP) is 2.72. The van der Waals surface area contributed by atoms with Gasteiger partial charge in [0.05, 0.1) is 10.6 Å². The molecule has 1 aliphatic rings. The number of aromatic hydroxyl groups is 1. The van der Waals surface area contributed by atoms with Crippen LogP contribution in [0, 0.1) is 0 Å². The lowest BCUT2D eigenvalue weighted by molar-refractivity contribution is 0.0954. The second-order valence-corrected chi connectivity index (χ2v) is 8.62. The molecule has 2 aromatic carbocycles. The van der Waals surface area contributed by atoms with Gasteiger partial charge in [-0.25, -0.2) is 13.8 Å². The summed E-state index contributed by atoms with van der Waals surface area (Å²) in [4.78, 5) is 12.3. The normalized spacial score (nSPS) is 16.0. The first-order valence-corrected chi connectivity index (χ1v) is 10.6. The Morgan fingerprint density at radius 1 is 1.04 bits per heavy atom. The highest BCUT2D eigenvalue weighted by molar-refractivity contribution is 7.89. The molecule has 2 aromatic rings. The second kappa shape index (κ2) is 8.53. The molecule has 0 aliphatic carbocycles. The zero-order valence-corrected chi connectivity index (χ0v) is 16.4. The highest BCUT2D eigenvalue weighted by atomic mass is 32.2. The van der Waals surface area contributed by atoms with Gasteiger partial charge in [0, 0.05) is 18.7 Å². The van der Waals surface area contributed by atoms with Crippen LogP contribution in [0.1, 0.15) is 42.1 Å². The maximum atomic E-state index is 12.7. The molecule has 0 atom stereocenters. The molecule has 148 valence electrons. The maximum Gasteiger partial charge on any atom is 0.271 e. The molecule has 1 amide bonds. The van der Waals surface area contributed by atoms with Crippen molar-refractivity contribution in [1.82, 2.24) is 9.73 Å². The summed E-state index contributed by atoms with van der Waals surface area (Å²) in [5, 5.41) is 13.5. The molecule has 1 fully saturated rings. The van der Waals surface area contributed by atoms with E-state index in [0.29, 0.717) is 29.9 Å². The van der Waals surface area contributed by atoms with Gasteiger partial charge in [0.25, 0.3) is 5.91 Å². The van der Waals surface area contributed by atoms with Crippen molar-refractivity contribution >= 4 is 21.6 Å². The van der Waals surface area contributed by atoms with Gasteiger partial charge in [-0.1, -0.05) is 24.6 Å². The fourth-order valence-corrected chi connectivity index (χ4v) is 4.55. The smallest absolute Gasteiger partial charge is 0.271 e. The molecule has 1 heterocycles. The van der Waals surface area contributed by atoms with Crippen LogP contribution in [0.15, 0.2) is 58.5 Å². The van der Waals surface area contributed by atoms with Crippen molar-refractivity contribution < 1.29 is 18.3 Å². The molecular weight excluding hydrogens is 378 g/mol. The number of hydrogen-bond acceptors (Lipinski definition) is 5. The lowest BCUT2D eigenvalue weighted by Crippen LogP contribution is -2.35. The summed E-state index contributed by atoms with van der Waals surface area (Å²) in [6, 6.07) is 12.4. The minimum Gasteiger partial charge on any atom is -0.508 e. The molecule has 0 spiro atoms. The Morgan fingerprint density at radius 2 is 1.71 bits per heavy atom. The topological polar surface area (TPSA) is 99.1 Å². The van der Waals surface area contributed by atoms with Crippen molar-refractivity contribution in [1.29, 1.82) is 0 Å². The van der Waals surface area contributed by atoms with Crippen LogP contribution in [-0.2, 0) is 10.0 Å². The highest BCUT2D eigenvalue weighted by Crippen LogP contribution is 2.21. The van der Waals surface area contributed by atoms with E-state index < -0.39 is 15.9 Å². The molecule has 0 radical (unpaired) electrons. The van der Waals surface area contributed by atoms with Gasteiger partial charge in [-0.15, -0.1) is 0 Å². The summed E-state index contributed by atoms with van der Waals surface area (Å²) < 4.78 is 26.9. The molecule has 0 unspecified atom stereocenters. The molecule has 7 nitrogen and oxygen atoms in total. The summed E-state index contributed by atoms with van der Waals surface area (Å²) in [6.45, 7) is 2.84. The number of rotatable bonds is 5. The Hall–Kier alpha value is -2.71. The molecule has 8 heteroatoms. The molecule has 0 aromatic heterocycles. The zero-order valence-electron chi connectivity index (χ0n) is 15.6. The Bertz CT molecular complexity index is 979. The number of sulfonamides is 1. The zero-order chi connectivity index (χ0) is 20.1. The van der Waals surface area contributed by atoms with Crippen molar-refractivity contribution in [3.8, 4) is 5.75 Å². The lowest BCUT2D eigenvalue weighted by Gasteiger charge is -2.25. The molecule has 3 rings (SSSR count). The number of amides is 1. The summed E-state index contributed by atoms with van der Waals surface area (Å²) in [6.07, 6.45) is 2.85. The van der Waals surface area contributed by atoms with E-state index in [1.165, 1.54) is 16.4 Å². The molecule has 0 saturated carbocycles. The van der Waals surface area contributed by atoms with E-state index in [0.717, 1.165) is 19.3 Å². The Labute approximate surface area is 164 Å². The van der Waals surface area contributed by atoms with E-state index in [1.807, 2.05) is 0 Å². The fraction of sp³-hybridized carbons (Fsp3) is 0.300. The summed E-state index contributed by atoms with van der Waals surface area (Å²) >= 11 is 0. The van der Waals surface area contributed by atoms with Crippen LogP contribution in [-0.4, -0.2) is 42.5 Å². The van der Waals surface area contributed by atoms with Gasteiger partial charge in [0.2, 0.25) is 10.0 Å². The Morgan fingerprint density at radius 3 is 2.36 bits per heavy atom. The van der Waals surface area contributed by atoms with Crippen LogP contribution in [0.4, 0.5) is 0 Å². The van der Waals surface area contributed by atoms with Gasteiger partial charge in [-0.3, -0.25) is 4.79 Å². The first-order valence-electron chi connectivity index (χ1n) is 9.12. The van der Waals surface area contributed by atoms with Crippen molar-refractivity contribution in [2.45, 2.75) is 31.1 Å². The van der Waals surface area contributed by atoms with E-state index in [9.17, 15) is 18.3 Å². The quantitative estimate of drug-likeness (QED) is 0.594. The van der Waals surface area contributed by atoms with E-state index in [-0.39, 0.29) is 10.6 Å². The van der Waals surface area contributed by atoms with E-state index in [2.05, 4.69) is 10.5 Å². The second-order valence-electron chi connectivity index (χ2n) is 6.68. The number of carbonyl (C=O) groups is 1. The number of hydrogen-bond donors (Lipinski definition) is 2. The average molecular weight is 401 g/mol. The van der Waals surface area contributed by atoms with Crippen LogP contribution >= 0.6 is 0 Å². The number of carbonyl (C=O) groups excluding carboxylic acids is 1. The average Bonchev–Trinajstić information content (AvgIpc) is 2.72. The number of piperidine rings is 1. The standard InChI is InChI=1S/C20H23N3O4S/c1-15(21-22-20(25)17-6-5-7-18(24)14-17)16-8-10-19(11-9-16)28(26,27)23-12-3-2-4-13-23/h5-11,14,24H,2-4,12-13H2,1H3,(H,22,25)/b21-15-. The molecular formula is C20H23N3O4S. The first kappa shape index (κ1) is 20.0. The van der Waals surface area contributed by atoms with E-state index in [4.69, 9.17) is 0 Å². The molecule has 28 heavy (non-hydrogen) atoms.